The number of Topliss-reactive ketones (excluding diaryl/α,β-unsaturated/α-hetero) is 1. The van der Waals surface area contributed by atoms with Gasteiger partial charge in [-0.3, -0.25) is 58.2 Å². The lowest BCUT2D eigenvalue weighted by Gasteiger charge is -2.27. The number of carbonyl (C=O) groups excluding carboxylic acids is 10. The summed E-state index contributed by atoms with van der Waals surface area (Å²) in [5.74, 6) is -7.10. The van der Waals surface area contributed by atoms with E-state index >= 15 is 0 Å². The van der Waals surface area contributed by atoms with Gasteiger partial charge in [-0.05, 0) is 55.5 Å². The monoisotopic (exact) mass is 793 g/mol. The molecular weight excluding hydrogens is 750 g/mol. The third-order valence-corrected chi connectivity index (χ3v) is 8.96. The van der Waals surface area contributed by atoms with Crippen molar-refractivity contribution in [2.24, 2.45) is 0 Å². The van der Waals surface area contributed by atoms with Crippen LogP contribution in [0.15, 0.2) is 42.5 Å². The molecule has 2 aromatic rings. The zero-order chi connectivity index (χ0) is 41.6. The van der Waals surface area contributed by atoms with Gasteiger partial charge in [0, 0.05) is 25.1 Å². The Morgan fingerprint density at radius 1 is 0.895 bits per heavy atom. The number of hydrogen-bond acceptors (Lipinski definition) is 14. The number of fused-ring (bicyclic) bond motifs is 1. The molecule has 2 aliphatic rings. The lowest BCUT2D eigenvalue weighted by atomic mass is 10.0. The van der Waals surface area contributed by atoms with Crippen molar-refractivity contribution >= 4 is 64.7 Å². The van der Waals surface area contributed by atoms with Gasteiger partial charge in [-0.2, -0.15) is 0 Å². The van der Waals surface area contributed by atoms with E-state index in [2.05, 4.69) is 36.6 Å². The molecule has 2 heterocycles. The molecule has 4 rings (SSSR count). The van der Waals surface area contributed by atoms with Crippen LogP contribution in [0.2, 0.25) is 0 Å². The summed E-state index contributed by atoms with van der Waals surface area (Å²) < 4.78 is 4.38. The molecule has 0 saturated carbocycles. The number of aromatic hydroxyl groups is 1. The van der Waals surface area contributed by atoms with Crippen LogP contribution in [0.5, 0.6) is 5.75 Å². The van der Waals surface area contributed by atoms with Crippen LogP contribution in [0.1, 0.15) is 64.8 Å². The number of ether oxygens (including phenoxy) is 1. The maximum absolute atomic E-state index is 13.4. The van der Waals surface area contributed by atoms with Crippen molar-refractivity contribution in [2.45, 2.75) is 63.1 Å². The third kappa shape index (κ3) is 11.9. The minimum atomic E-state index is -1.53. The van der Waals surface area contributed by atoms with Crippen molar-refractivity contribution in [2.75, 3.05) is 38.7 Å². The van der Waals surface area contributed by atoms with Crippen LogP contribution in [0.4, 0.5) is 5.69 Å². The molecule has 0 bridgehead atoms. The largest absolute Gasteiger partial charge is 0.508 e. The number of piperidine rings is 1. The molecule has 0 radical (unpaired) electrons. The summed E-state index contributed by atoms with van der Waals surface area (Å²) in [5, 5.41) is 34.1. The van der Waals surface area contributed by atoms with Crippen molar-refractivity contribution in [1.82, 2.24) is 31.5 Å². The van der Waals surface area contributed by atoms with E-state index in [-0.39, 0.29) is 61.9 Å². The SMILES string of the molecule is COC(=O)CC(=O)CNC(=O)CNC(=O)C(CO)NC(=O)C(CCc1ccc(O)cc1)NC(=O)CCCNc1cccc2c1C(=O)N(C1CCC(=O)NC1=O)C2=O. The van der Waals surface area contributed by atoms with Crippen molar-refractivity contribution in [1.29, 1.82) is 0 Å². The molecule has 3 atom stereocenters. The van der Waals surface area contributed by atoms with E-state index < -0.39 is 103 Å². The number of rotatable bonds is 20. The number of benzene rings is 2. The van der Waals surface area contributed by atoms with E-state index in [0.29, 0.717) is 5.69 Å². The van der Waals surface area contributed by atoms with Crippen LogP contribution in [0.3, 0.4) is 0 Å². The molecule has 20 heteroatoms. The predicted molar refractivity (Wildman–Crippen MR) is 196 cm³/mol. The number of imide groups is 2. The Labute approximate surface area is 325 Å². The molecule has 1 fully saturated rings. The van der Waals surface area contributed by atoms with Gasteiger partial charge < -0.3 is 41.5 Å². The van der Waals surface area contributed by atoms with Gasteiger partial charge in [0.15, 0.2) is 5.78 Å². The second-order valence-electron chi connectivity index (χ2n) is 13.1. The Balaban J connectivity index is 1.32. The predicted octanol–water partition coefficient (Wildman–Crippen LogP) is -2.06. The molecule has 0 aromatic heterocycles. The first kappa shape index (κ1) is 43.0. The number of nitrogens with zero attached hydrogens (tertiary/aromatic N) is 1. The number of esters is 1. The second kappa shape index (κ2) is 20.3. The summed E-state index contributed by atoms with van der Waals surface area (Å²) in [4.78, 5) is 126. The number of phenolic OH excluding ortho intramolecular Hbond substituents is 1. The van der Waals surface area contributed by atoms with E-state index in [4.69, 9.17) is 0 Å². The number of aliphatic hydroxyl groups is 1. The van der Waals surface area contributed by atoms with Crippen molar-refractivity contribution < 1.29 is 62.9 Å². The van der Waals surface area contributed by atoms with Gasteiger partial charge in [-0.1, -0.05) is 18.2 Å². The van der Waals surface area contributed by atoms with E-state index in [1.165, 1.54) is 18.2 Å². The van der Waals surface area contributed by atoms with E-state index in [9.17, 15) is 58.2 Å². The highest BCUT2D eigenvalue weighted by Gasteiger charge is 2.45. The normalized spacial score (nSPS) is 15.8. The summed E-state index contributed by atoms with van der Waals surface area (Å²) in [6, 6.07) is 6.85. The maximum atomic E-state index is 13.4. The quantitative estimate of drug-likeness (QED) is 0.0310. The molecule has 8 N–H and O–H groups in total. The Bertz CT molecular complexity index is 1920. The average Bonchev–Trinajstić information content (AvgIpc) is 3.44. The minimum Gasteiger partial charge on any atom is -0.508 e. The van der Waals surface area contributed by atoms with Gasteiger partial charge in [0.1, 0.15) is 30.3 Å². The first-order chi connectivity index (χ1) is 27.2. The number of aryl methyl sites for hydroxylation is 1. The number of amides is 8. The van der Waals surface area contributed by atoms with Crippen LogP contribution >= 0.6 is 0 Å². The van der Waals surface area contributed by atoms with Crippen LogP contribution in [0, 0.1) is 0 Å². The molecule has 0 aliphatic carbocycles. The fourth-order valence-electron chi connectivity index (χ4n) is 5.96. The van der Waals surface area contributed by atoms with Crippen LogP contribution in [0.25, 0.3) is 0 Å². The fraction of sp³-hybridized carbons (Fsp3) is 0.405. The van der Waals surface area contributed by atoms with Gasteiger partial charge in [0.2, 0.25) is 35.4 Å². The number of aliphatic hydroxyl groups excluding tert-OH is 1. The highest BCUT2D eigenvalue weighted by molar-refractivity contribution is 6.25. The number of anilines is 1. The summed E-state index contributed by atoms with van der Waals surface area (Å²) >= 11 is 0. The Hall–Kier alpha value is -6.70. The third-order valence-electron chi connectivity index (χ3n) is 8.96. The van der Waals surface area contributed by atoms with Crippen molar-refractivity contribution in [3.8, 4) is 5.75 Å². The summed E-state index contributed by atoms with van der Waals surface area (Å²) in [6.45, 7) is -1.85. The first-order valence-corrected chi connectivity index (χ1v) is 17.9. The lowest BCUT2D eigenvalue weighted by Crippen LogP contribution is -2.56. The van der Waals surface area contributed by atoms with E-state index in [1.807, 2.05) is 0 Å². The number of methoxy groups -OCH3 is 1. The molecule has 1 saturated heterocycles. The smallest absolute Gasteiger partial charge is 0.313 e. The average molecular weight is 794 g/mol. The fourth-order valence-corrected chi connectivity index (χ4v) is 5.96. The molecule has 57 heavy (non-hydrogen) atoms. The molecule has 20 nitrogen and oxygen atoms in total. The van der Waals surface area contributed by atoms with Crippen molar-refractivity contribution in [3.63, 3.8) is 0 Å². The maximum Gasteiger partial charge on any atom is 0.313 e. The first-order valence-electron chi connectivity index (χ1n) is 17.9. The summed E-state index contributed by atoms with van der Waals surface area (Å²) in [5.41, 5.74) is 1.15. The molecule has 8 amide bonds. The highest BCUT2D eigenvalue weighted by atomic mass is 16.5. The number of phenols is 1. The van der Waals surface area contributed by atoms with Gasteiger partial charge in [0.05, 0.1) is 37.9 Å². The Morgan fingerprint density at radius 2 is 1.63 bits per heavy atom. The van der Waals surface area contributed by atoms with Crippen LogP contribution in [-0.2, 0) is 49.5 Å². The number of ketones is 1. The van der Waals surface area contributed by atoms with Gasteiger partial charge in [-0.15, -0.1) is 0 Å². The highest BCUT2D eigenvalue weighted by Crippen LogP contribution is 2.32. The van der Waals surface area contributed by atoms with Crippen LogP contribution < -0.4 is 31.9 Å². The molecule has 2 aliphatic heterocycles. The topological polar surface area (TPSA) is 296 Å². The molecular formula is C37H43N7O13. The zero-order valence-corrected chi connectivity index (χ0v) is 30.9. The van der Waals surface area contributed by atoms with Gasteiger partial charge >= 0.3 is 5.97 Å². The number of hydrogen-bond donors (Lipinski definition) is 8. The second-order valence-corrected chi connectivity index (χ2v) is 13.1. The van der Waals surface area contributed by atoms with E-state index in [1.54, 1.807) is 24.3 Å². The lowest BCUT2D eigenvalue weighted by molar-refractivity contribution is -0.143. The van der Waals surface area contributed by atoms with Crippen LogP contribution in [-0.4, -0.2) is 126 Å². The van der Waals surface area contributed by atoms with Crippen molar-refractivity contribution in [3.05, 3.63) is 59.2 Å². The van der Waals surface area contributed by atoms with Gasteiger partial charge in [-0.25, -0.2) is 0 Å². The Morgan fingerprint density at radius 3 is 2.32 bits per heavy atom. The summed E-state index contributed by atoms with van der Waals surface area (Å²) in [7, 11) is 1.10. The summed E-state index contributed by atoms with van der Waals surface area (Å²) in [6.07, 6.45) is -0.203. The molecule has 304 valence electrons. The number of nitrogens with one attached hydrogen (secondary N) is 6. The molecule has 2 aromatic carbocycles. The number of carbonyl (C=O) groups is 10. The van der Waals surface area contributed by atoms with Gasteiger partial charge in [0.25, 0.3) is 11.8 Å². The molecule has 3 unspecified atom stereocenters. The Kier molecular flexibility index (Phi) is 15.3. The standard InChI is InChI=1S/C37H43N7O13/c1-57-31(51)16-22(47)17-39-30(50)18-40-33(52)26(19-45)42-34(53)25(12-9-20-7-10-21(46)11-8-20)41-28(48)6-3-15-38-24-5-2-4-23-32(24)37(56)44(36(23)55)27-13-14-29(49)43-35(27)54/h2,4-5,7-8,10-11,25-27,38,45-46H,3,6,9,12-19H2,1H3,(H,39,50)(H,40,52)(H,41,48)(H,42,53)(H,43,49,54). The minimum absolute atomic E-state index is 0.000451. The van der Waals surface area contributed by atoms with E-state index in [0.717, 1.165) is 17.6 Å². The zero-order valence-electron chi connectivity index (χ0n) is 30.9. The molecule has 0 spiro atoms.